The Morgan fingerprint density at radius 1 is 1.08 bits per heavy atom. The number of hydrogen-bond donors (Lipinski definition) is 0. The van der Waals surface area contributed by atoms with E-state index in [1.165, 1.54) is 10.4 Å². The van der Waals surface area contributed by atoms with E-state index in [2.05, 4.69) is 4.98 Å². The molecular formula is C17H20FN3O3S. The van der Waals surface area contributed by atoms with Crippen LogP contribution in [0, 0.1) is 5.95 Å². The molecule has 0 N–H and O–H groups in total. The lowest BCUT2D eigenvalue weighted by molar-refractivity contribution is 0.340. The molecule has 0 aliphatic carbocycles. The third-order valence-electron chi connectivity index (χ3n) is 4.04. The molecule has 0 amide bonds. The van der Waals surface area contributed by atoms with Crippen LogP contribution in [0.4, 0.5) is 10.2 Å². The number of ether oxygens (including phenoxy) is 1. The van der Waals surface area contributed by atoms with Gasteiger partial charge in [-0.05, 0) is 43.3 Å². The van der Waals surface area contributed by atoms with Gasteiger partial charge in [0.05, 0.1) is 11.5 Å². The van der Waals surface area contributed by atoms with Crippen LogP contribution in [-0.2, 0) is 10.0 Å². The molecule has 2 aromatic rings. The summed E-state index contributed by atoms with van der Waals surface area (Å²) < 4.78 is 45.5. The van der Waals surface area contributed by atoms with Gasteiger partial charge in [-0.15, -0.1) is 0 Å². The predicted octanol–water partition coefficient (Wildman–Crippen LogP) is 2.13. The van der Waals surface area contributed by atoms with E-state index in [1.54, 1.807) is 36.4 Å². The normalized spacial score (nSPS) is 16.0. The SMILES string of the molecule is CCOc1ccc(S(=O)(=O)N2CCN(c3cccc(F)n3)CC2)cc1. The highest BCUT2D eigenvalue weighted by molar-refractivity contribution is 7.89. The predicted molar refractivity (Wildman–Crippen MR) is 92.8 cm³/mol. The fraction of sp³-hybridized carbons (Fsp3) is 0.353. The minimum Gasteiger partial charge on any atom is -0.494 e. The van der Waals surface area contributed by atoms with Gasteiger partial charge in [0.15, 0.2) is 0 Å². The first-order chi connectivity index (χ1) is 12.0. The summed E-state index contributed by atoms with van der Waals surface area (Å²) in [6.45, 7) is 3.99. The van der Waals surface area contributed by atoms with E-state index < -0.39 is 16.0 Å². The van der Waals surface area contributed by atoms with Crippen molar-refractivity contribution in [2.24, 2.45) is 0 Å². The van der Waals surface area contributed by atoms with Gasteiger partial charge in [0.1, 0.15) is 11.6 Å². The molecule has 0 spiro atoms. The van der Waals surface area contributed by atoms with Crippen molar-refractivity contribution in [2.75, 3.05) is 37.7 Å². The smallest absolute Gasteiger partial charge is 0.243 e. The van der Waals surface area contributed by atoms with Crippen molar-refractivity contribution in [3.63, 3.8) is 0 Å². The molecule has 8 heteroatoms. The van der Waals surface area contributed by atoms with Crippen molar-refractivity contribution in [2.45, 2.75) is 11.8 Å². The number of rotatable bonds is 5. The van der Waals surface area contributed by atoms with Crippen LogP contribution in [-0.4, -0.2) is 50.5 Å². The van der Waals surface area contributed by atoms with Crippen molar-refractivity contribution >= 4 is 15.8 Å². The zero-order valence-corrected chi connectivity index (χ0v) is 14.7. The number of pyridine rings is 1. The third kappa shape index (κ3) is 3.91. The van der Waals surface area contributed by atoms with E-state index in [9.17, 15) is 12.8 Å². The average Bonchev–Trinajstić information content (AvgIpc) is 2.63. The minimum atomic E-state index is -3.55. The van der Waals surface area contributed by atoms with Gasteiger partial charge in [-0.2, -0.15) is 8.70 Å². The van der Waals surface area contributed by atoms with E-state index in [0.29, 0.717) is 44.4 Å². The van der Waals surface area contributed by atoms with E-state index in [0.717, 1.165) is 0 Å². The quantitative estimate of drug-likeness (QED) is 0.760. The zero-order chi connectivity index (χ0) is 17.9. The van der Waals surface area contributed by atoms with Crippen molar-refractivity contribution in [1.82, 2.24) is 9.29 Å². The highest BCUT2D eigenvalue weighted by Gasteiger charge is 2.29. The first-order valence-corrected chi connectivity index (χ1v) is 9.55. The highest BCUT2D eigenvalue weighted by atomic mass is 32.2. The summed E-state index contributed by atoms with van der Waals surface area (Å²) in [5, 5.41) is 0. The van der Waals surface area contributed by atoms with Crippen LogP contribution in [0.3, 0.4) is 0 Å². The Labute approximate surface area is 146 Å². The summed E-state index contributed by atoms with van der Waals surface area (Å²) >= 11 is 0. The van der Waals surface area contributed by atoms with Gasteiger partial charge in [-0.3, -0.25) is 0 Å². The molecule has 0 saturated carbocycles. The summed E-state index contributed by atoms with van der Waals surface area (Å²) in [5.74, 6) is 0.628. The maximum Gasteiger partial charge on any atom is 0.243 e. The molecule has 25 heavy (non-hydrogen) atoms. The number of halogens is 1. The molecule has 0 bridgehead atoms. The number of piperazine rings is 1. The van der Waals surface area contributed by atoms with Crippen LogP contribution in [0.15, 0.2) is 47.4 Å². The average molecular weight is 365 g/mol. The van der Waals surface area contributed by atoms with Crippen LogP contribution >= 0.6 is 0 Å². The molecule has 2 heterocycles. The second kappa shape index (κ2) is 7.37. The van der Waals surface area contributed by atoms with Gasteiger partial charge in [0, 0.05) is 26.2 Å². The number of hydrogen-bond acceptors (Lipinski definition) is 5. The van der Waals surface area contributed by atoms with E-state index in [1.807, 2.05) is 11.8 Å². The first-order valence-electron chi connectivity index (χ1n) is 8.11. The number of sulfonamides is 1. The Balaban J connectivity index is 1.68. The van der Waals surface area contributed by atoms with Gasteiger partial charge < -0.3 is 9.64 Å². The molecule has 0 radical (unpaired) electrons. The molecule has 1 aliphatic rings. The van der Waals surface area contributed by atoms with Gasteiger partial charge in [-0.1, -0.05) is 6.07 Å². The lowest BCUT2D eigenvalue weighted by Crippen LogP contribution is -2.48. The lowest BCUT2D eigenvalue weighted by atomic mass is 10.3. The monoisotopic (exact) mass is 365 g/mol. The third-order valence-corrected chi connectivity index (χ3v) is 5.95. The van der Waals surface area contributed by atoms with Crippen LogP contribution < -0.4 is 9.64 Å². The Hall–Kier alpha value is -2.19. The largest absolute Gasteiger partial charge is 0.494 e. The Morgan fingerprint density at radius 2 is 1.76 bits per heavy atom. The maximum absolute atomic E-state index is 13.2. The van der Waals surface area contributed by atoms with Gasteiger partial charge in [0.25, 0.3) is 0 Å². The van der Waals surface area contributed by atoms with Gasteiger partial charge >= 0.3 is 0 Å². The molecule has 1 aromatic heterocycles. The Morgan fingerprint density at radius 3 is 2.36 bits per heavy atom. The standard InChI is InChI=1S/C17H20FN3O3S/c1-2-24-14-6-8-15(9-7-14)25(22,23)21-12-10-20(11-13-21)17-5-3-4-16(18)19-17/h3-9H,2,10-13H2,1H3. The zero-order valence-electron chi connectivity index (χ0n) is 13.9. The molecule has 1 saturated heterocycles. The minimum absolute atomic E-state index is 0.244. The summed E-state index contributed by atoms with van der Waals surface area (Å²) in [6, 6.07) is 11.0. The number of anilines is 1. The van der Waals surface area contributed by atoms with Crippen LogP contribution in [0.1, 0.15) is 6.92 Å². The molecule has 1 aromatic carbocycles. The molecular weight excluding hydrogens is 345 g/mol. The van der Waals surface area contributed by atoms with Crippen molar-refractivity contribution < 1.29 is 17.5 Å². The maximum atomic E-state index is 13.2. The molecule has 0 unspecified atom stereocenters. The summed E-state index contributed by atoms with van der Waals surface area (Å²) in [5.41, 5.74) is 0. The van der Waals surface area contributed by atoms with Crippen LogP contribution in [0.2, 0.25) is 0 Å². The number of benzene rings is 1. The van der Waals surface area contributed by atoms with E-state index in [-0.39, 0.29) is 4.90 Å². The van der Waals surface area contributed by atoms with E-state index in [4.69, 9.17) is 4.74 Å². The summed E-state index contributed by atoms with van der Waals surface area (Å²) in [7, 11) is -3.55. The molecule has 0 atom stereocenters. The van der Waals surface area contributed by atoms with Crippen LogP contribution in [0.5, 0.6) is 5.75 Å². The van der Waals surface area contributed by atoms with Crippen LogP contribution in [0.25, 0.3) is 0 Å². The molecule has 134 valence electrons. The molecule has 1 fully saturated rings. The molecule has 6 nitrogen and oxygen atoms in total. The van der Waals surface area contributed by atoms with Gasteiger partial charge in [0.2, 0.25) is 16.0 Å². The fourth-order valence-corrected chi connectivity index (χ4v) is 4.18. The second-order valence-corrected chi connectivity index (χ2v) is 7.55. The first kappa shape index (κ1) is 17.6. The Kier molecular flexibility index (Phi) is 5.19. The lowest BCUT2D eigenvalue weighted by Gasteiger charge is -2.34. The summed E-state index contributed by atoms with van der Waals surface area (Å²) in [6.07, 6.45) is 0. The van der Waals surface area contributed by atoms with Crippen molar-refractivity contribution in [1.29, 1.82) is 0 Å². The topological polar surface area (TPSA) is 62.7 Å². The highest BCUT2D eigenvalue weighted by Crippen LogP contribution is 2.22. The van der Waals surface area contributed by atoms with Crippen molar-refractivity contribution in [3.05, 3.63) is 48.4 Å². The number of nitrogens with zero attached hydrogens (tertiary/aromatic N) is 3. The van der Waals surface area contributed by atoms with Gasteiger partial charge in [-0.25, -0.2) is 13.4 Å². The summed E-state index contributed by atoms with van der Waals surface area (Å²) in [4.78, 5) is 5.97. The molecule has 1 aliphatic heterocycles. The van der Waals surface area contributed by atoms with E-state index >= 15 is 0 Å². The van der Waals surface area contributed by atoms with Crippen molar-refractivity contribution in [3.8, 4) is 5.75 Å². The fourth-order valence-electron chi connectivity index (χ4n) is 2.75. The second-order valence-electron chi connectivity index (χ2n) is 5.61. The molecule has 3 rings (SSSR count). The number of aromatic nitrogens is 1. The Bertz CT molecular complexity index is 819.